The SMILES string of the molecule is CCNC(=NCc1cc(Cl)c2c(c1)OCCO2)NCC(=O)N(C)C.I. The Bertz CT molecular complexity index is 626. The number of rotatable bonds is 5. The Morgan fingerprint density at radius 1 is 1.28 bits per heavy atom. The molecule has 0 atom stereocenters. The molecule has 1 aliphatic heterocycles. The first-order valence-corrected chi connectivity index (χ1v) is 8.19. The summed E-state index contributed by atoms with van der Waals surface area (Å²) in [6, 6.07) is 3.69. The minimum absolute atomic E-state index is 0. The molecule has 0 aromatic heterocycles. The van der Waals surface area contributed by atoms with E-state index in [0.29, 0.717) is 48.8 Å². The van der Waals surface area contributed by atoms with Crippen molar-refractivity contribution >= 4 is 47.4 Å². The monoisotopic (exact) mass is 482 g/mol. The van der Waals surface area contributed by atoms with E-state index >= 15 is 0 Å². The second-order valence-electron chi connectivity index (χ2n) is 5.44. The van der Waals surface area contributed by atoms with Crippen molar-refractivity contribution in [2.75, 3.05) is 40.4 Å². The number of aliphatic imine (C=N–C) groups is 1. The number of fused-ring (bicyclic) bond motifs is 1. The molecule has 0 radical (unpaired) electrons. The summed E-state index contributed by atoms with van der Waals surface area (Å²) in [5.74, 6) is 1.76. The highest BCUT2D eigenvalue weighted by Crippen LogP contribution is 2.38. The van der Waals surface area contributed by atoms with Crippen LogP contribution in [0.4, 0.5) is 0 Å². The van der Waals surface area contributed by atoms with Crippen LogP contribution >= 0.6 is 35.6 Å². The summed E-state index contributed by atoms with van der Waals surface area (Å²) in [4.78, 5) is 17.7. The maximum Gasteiger partial charge on any atom is 0.241 e. The molecule has 0 unspecified atom stereocenters. The van der Waals surface area contributed by atoms with Crippen LogP contribution in [0.3, 0.4) is 0 Å². The second-order valence-corrected chi connectivity index (χ2v) is 5.85. The number of nitrogens with zero attached hydrogens (tertiary/aromatic N) is 2. The fraction of sp³-hybridized carbons (Fsp3) is 0.500. The molecule has 25 heavy (non-hydrogen) atoms. The Kier molecular flexibility index (Phi) is 9.12. The van der Waals surface area contributed by atoms with E-state index in [9.17, 15) is 4.79 Å². The quantitative estimate of drug-likeness (QED) is 0.381. The Balaban J connectivity index is 0.00000312. The number of ether oxygens (including phenoxy) is 2. The molecular weight excluding hydrogens is 459 g/mol. The van der Waals surface area contributed by atoms with Gasteiger partial charge in [0.1, 0.15) is 13.2 Å². The first kappa shape index (κ1) is 21.6. The van der Waals surface area contributed by atoms with Gasteiger partial charge in [-0.15, -0.1) is 24.0 Å². The maximum absolute atomic E-state index is 11.7. The van der Waals surface area contributed by atoms with E-state index in [1.54, 1.807) is 14.1 Å². The molecule has 140 valence electrons. The number of benzene rings is 1. The lowest BCUT2D eigenvalue weighted by Crippen LogP contribution is -2.42. The van der Waals surface area contributed by atoms with Crippen LogP contribution in [0, 0.1) is 0 Å². The first-order valence-electron chi connectivity index (χ1n) is 7.81. The van der Waals surface area contributed by atoms with E-state index < -0.39 is 0 Å². The van der Waals surface area contributed by atoms with Gasteiger partial charge in [0.25, 0.3) is 0 Å². The van der Waals surface area contributed by atoms with Crippen LogP contribution in [0.25, 0.3) is 0 Å². The zero-order valence-corrected chi connectivity index (χ0v) is 17.7. The van der Waals surface area contributed by atoms with Gasteiger partial charge in [0.15, 0.2) is 17.5 Å². The smallest absolute Gasteiger partial charge is 0.241 e. The molecule has 0 fully saturated rings. The second kappa shape index (κ2) is 10.5. The van der Waals surface area contributed by atoms with Gasteiger partial charge >= 0.3 is 0 Å². The normalized spacial score (nSPS) is 12.9. The Morgan fingerprint density at radius 2 is 2.00 bits per heavy atom. The molecule has 0 spiro atoms. The van der Waals surface area contributed by atoms with E-state index in [2.05, 4.69) is 15.6 Å². The average Bonchev–Trinajstić information content (AvgIpc) is 2.57. The molecule has 1 amide bonds. The fourth-order valence-electron chi connectivity index (χ4n) is 2.09. The molecule has 0 bridgehead atoms. The van der Waals surface area contributed by atoms with Crippen molar-refractivity contribution in [2.45, 2.75) is 13.5 Å². The van der Waals surface area contributed by atoms with Gasteiger partial charge in [0.2, 0.25) is 5.91 Å². The predicted molar refractivity (Wildman–Crippen MR) is 109 cm³/mol. The number of hydrogen-bond donors (Lipinski definition) is 2. The molecular formula is C16H24ClIN4O3. The van der Waals surface area contributed by atoms with Crippen molar-refractivity contribution in [3.63, 3.8) is 0 Å². The topological polar surface area (TPSA) is 75.2 Å². The van der Waals surface area contributed by atoms with E-state index in [0.717, 1.165) is 5.56 Å². The van der Waals surface area contributed by atoms with E-state index in [1.165, 1.54) is 4.90 Å². The maximum atomic E-state index is 11.7. The molecule has 1 aromatic rings. The number of hydrogen-bond acceptors (Lipinski definition) is 4. The molecule has 2 rings (SSSR count). The summed E-state index contributed by atoms with van der Waals surface area (Å²) in [5.41, 5.74) is 0.903. The molecule has 0 saturated carbocycles. The molecule has 1 heterocycles. The zero-order valence-electron chi connectivity index (χ0n) is 14.6. The molecule has 9 heteroatoms. The van der Waals surface area contributed by atoms with E-state index in [-0.39, 0.29) is 36.4 Å². The fourth-order valence-corrected chi connectivity index (χ4v) is 2.37. The molecule has 0 aliphatic carbocycles. The number of nitrogens with one attached hydrogen (secondary N) is 2. The summed E-state index contributed by atoms with van der Waals surface area (Å²) < 4.78 is 11.1. The lowest BCUT2D eigenvalue weighted by Gasteiger charge is -2.20. The third-order valence-electron chi connectivity index (χ3n) is 3.33. The van der Waals surface area contributed by atoms with Gasteiger partial charge in [0.05, 0.1) is 18.1 Å². The van der Waals surface area contributed by atoms with Crippen LogP contribution in [0.15, 0.2) is 17.1 Å². The molecule has 2 N–H and O–H groups in total. The van der Waals surface area contributed by atoms with Gasteiger partial charge in [-0.25, -0.2) is 4.99 Å². The third-order valence-corrected chi connectivity index (χ3v) is 3.61. The lowest BCUT2D eigenvalue weighted by molar-refractivity contribution is -0.127. The van der Waals surface area contributed by atoms with Crippen LogP contribution in [0.5, 0.6) is 11.5 Å². The summed E-state index contributed by atoms with van der Waals surface area (Å²) in [5, 5.41) is 6.62. The Hall–Kier alpha value is -1.42. The Morgan fingerprint density at radius 3 is 2.68 bits per heavy atom. The third kappa shape index (κ3) is 6.43. The van der Waals surface area contributed by atoms with Crippen LogP contribution in [0.2, 0.25) is 5.02 Å². The minimum Gasteiger partial charge on any atom is -0.486 e. The van der Waals surface area contributed by atoms with Crippen molar-refractivity contribution in [1.82, 2.24) is 15.5 Å². The highest BCUT2D eigenvalue weighted by molar-refractivity contribution is 14.0. The van der Waals surface area contributed by atoms with Crippen molar-refractivity contribution in [1.29, 1.82) is 0 Å². The number of likely N-dealkylation sites (N-methyl/N-ethyl adjacent to an activating group) is 1. The predicted octanol–water partition coefficient (Wildman–Crippen LogP) is 1.87. The summed E-state index contributed by atoms with van der Waals surface area (Å²) >= 11 is 6.23. The average molecular weight is 483 g/mol. The molecule has 1 aliphatic rings. The van der Waals surface area contributed by atoms with E-state index in [1.807, 2.05) is 19.1 Å². The van der Waals surface area contributed by atoms with Gasteiger partial charge < -0.3 is 25.0 Å². The van der Waals surface area contributed by atoms with Crippen molar-refractivity contribution in [2.24, 2.45) is 4.99 Å². The number of guanidine groups is 1. The van der Waals surface area contributed by atoms with Gasteiger partial charge in [-0.1, -0.05) is 11.6 Å². The summed E-state index contributed by atoms with van der Waals surface area (Å²) in [7, 11) is 3.43. The Labute approximate surface area is 170 Å². The van der Waals surface area contributed by atoms with Crippen LogP contribution in [0.1, 0.15) is 12.5 Å². The van der Waals surface area contributed by atoms with Crippen LogP contribution < -0.4 is 20.1 Å². The number of halogens is 2. The summed E-state index contributed by atoms with van der Waals surface area (Å²) in [6.45, 7) is 4.25. The zero-order chi connectivity index (χ0) is 17.5. The van der Waals surface area contributed by atoms with Gasteiger partial charge in [-0.2, -0.15) is 0 Å². The summed E-state index contributed by atoms with van der Waals surface area (Å²) in [6.07, 6.45) is 0. The van der Waals surface area contributed by atoms with Gasteiger partial charge in [-0.3, -0.25) is 4.79 Å². The largest absolute Gasteiger partial charge is 0.486 e. The van der Waals surface area contributed by atoms with Crippen LogP contribution in [-0.2, 0) is 11.3 Å². The van der Waals surface area contributed by atoms with Gasteiger partial charge in [-0.05, 0) is 24.6 Å². The first-order chi connectivity index (χ1) is 11.5. The van der Waals surface area contributed by atoms with Crippen LogP contribution in [-0.4, -0.2) is 57.2 Å². The molecule has 7 nitrogen and oxygen atoms in total. The highest BCUT2D eigenvalue weighted by atomic mass is 127. The lowest BCUT2D eigenvalue weighted by atomic mass is 10.2. The van der Waals surface area contributed by atoms with Crippen molar-refractivity contribution in [3.05, 3.63) is 22.7 Å². The van der Waals surface area contributed by atoms with Crippen molar-refractivity contribution < 1.29 is 14.3 Å². The molecule has 0 saturated heterocycles. The number of carbonyl (C=O) groups is 1. The molecule has 1 aromatic carbocycles. The van der Waals surface area contributed by atoms with E-state index in [4.69, 9.17) is 21.1 Å². The highest BCUT2D eigenvalue weighted by Gasteiger charge is 2.16. The number of amides is 1. The number of carbonyl (C=O) groups excluding carboxylic acids is 1. The minimum atomic E-state index is -0.0250. The van der Waals surface area contributed by atoms with Crippen molar-refractivity contribution in [3.8, 4) is 11.5 Å². The standard InChI is InChI=1S/C16H23ClN4O3.HI/c1-4-18-16(20-10-14(22)21(2)3)19-9-11-7-12(17)15-13(8-11)23-5-6-24-15;/h7-8H,4-6,9-10H2,1-3H3,(H2,18,19,20);1H. The van der Waals surface area contributed by atoms with Gasteiger partial charge in [0, 0.05) is 20.6 Å².